The Kier molecular flexibility index (Phi) is 3.44. The summed E-state index contributed by atoms with van der Waals surface area (Å²) in [6, 6.07) is 0. The van der Waals surface area contributed by atoms with Crippen molar-refractivity contribution in [1.29, 1.82) is 0 Å². The lowest BCUT2D eigenvalue weighted by Crippen LogP contribution is -1.95. The van der Waals surface area contributed by atoms with Gasteiger partial charge in [-0.1, -0.05) is 6.08 Å². The van der Waals surface area contributed by atoms with E-state index in [1.54, 1.807) is 5.51 Å². The van der Waals surface area contributed by atoms with Crippen LogP contribution in [0.5, 0.6) is 0 Å². The van der Waals surface area contributed by atoms with E-state index in [9.17, 15) is 5.11 Å². The van der Waals surface area contributed by atoms with Gasteiger partial charge in [0.2, 0.25) is 0 Å². The zero-order valence-corrected chi connectivity index (χ0v) is 7.97. The van der Waals surface area contributed by atoms with E-state index in [1.165, 1.54) is 11.3 Å². The molecule has 0 spiro atoms. The monoisotopic (exact) mass is 183 g/mol. The number of aromatic nitrogens is 1. The van der Waals surface area contributed by atoms with Crippen molar-refractivity contribution in [1.82, 2.24) is 4.98 Å². The van der Waals surface area contributed by atoms with E-state index in [0.29, 0.717) is 0 Å². The van der Waals surface area contributed by atoms with Gasteiger partial charge in [0.05, 0.1) is 22.2 Å². The topological polar surface area (TPSA) is 33.1 Å². The maximum atomic E-state index is 9.64. The largest absolute Gasteiger partial charge is 0.387 e. The van der Waals surface area contributed by atoms with Crippen molar-refractivity contribution in [2.45, 2.75) is 25.9 Å². The highest BCUT2D eigenvalue weighted by Crippen LogP contribution is 2.24. The van der Waals surface area contributed by atoms with Crippen molar-refractivity contribution in [3.63, 3.8) is 0 Å². The van der Waals surface area contributed by atoms with Crippen LogP contribution in [-0.2, 0) is 0 Å². The quantitative estimate of drug-likeness (QED) is 0.727. The van der Waals surface area contributed by atoms with Gasteiger partial charge in [-0.25, -0.2) is 4.98 Å². The number of aliphatic hydroxyl groups excluding tert-OH is 1. The minimum absolute atomic E-state index is 0.365. The molecule has 0 aromatic carbocycles. The van der Waals surface area contributed by atoms with E-state index >= 15 is 0 Å². The average Bonchev–Trinajstić information content (AvgIpc) is 2.47. The van der Waals surface area contributed by atoms with E-state index in [0.717, 1.165) is 23.4 Å². The Morgan fingerprint density at radius 1 is 1.83 bits per heavy atom. The van der Waals surface area contributed by atoms with Crippen LogP contribution in [0.1, 0.15) is 29.5 Å². The lowest BCUT2D eigenvalue weighted by Gasteiger charge is -2.06. The van der Waals surface area contributed by atoms with Gasteiger partial charge in [0.1, 0.15) is 0 Å². The molecule has 1 heterocycles. The highest BCUT2D eigenvalue weighted by atomic mass is 32.1. The van der Waals surface area contributed by atoms with Crippen LogP contribution in [0.25, 0.3) is 0 Å². The summed E-state index contributed by atoms with van der Waals surface area (Å²) in [5.74, 6) is 0. The van der Waals surface area contributed by atoms with Gasteiger partial charge in [0.25, 0.3) is 0 Å². The Balaban J connectivity index is 2.58. The second-order valence-corrected chi connectivity index (χ2v) is 3.57. The minimum Gasteiger partial charge on any atom is -0.387 e. The fourth-order valence-corrected chi connectivity index (χ4v) is 1.86. The summed E-state index contributed by atoms with van der Waals surface area (Å²) in [5, 5.41) is 9.64. The number of aryl methyl sites for hydroxylation is 1. The first-order valence-corrected chi connectivity index (χ1v) is 4.82. The normalized spacial score (nSPS) is 12.8. The number of rotatable bonds is 4. The van der Waals surface area contributed by atoms with E-state index in [-0.39, 0.29) is 6.10 Å². The van der Waals surface area contributed by atoms with Gasteiger partial charge in [-0.3, -0.25) is 0 Å². The minimum atomic E-state index is -0.365. The van der Waals surface area contributed by atoms with Crippen molar-refractivity contribution in [3.8, 4) is 0 Å². The third-order valence-electron chi connectivity index (χ3n) is 1.73. The zero-order valence-electron chi connectivity index (χ0n) is 7.16. The number of hydrogen-bond acceptors (Lipinski definition) is 3. The van der Waals surface area contributed by atoms with Crippen molar-refractivity contribution in [2.24, 2.45) is 0 Å². The summed E-state index contributed by atoms with van der Waals surface area (Å²) in [6.45, 7) is 5.53. The second-order valence-electron chi connectivity index (χ2n) is 2.68. The van der Waals surface area contributed by atoms with Crippen LogP contribution in [0.15, 0.2) is 18.2 Å². The molecule has 0 bridgehead atoms. The van der Waals surface area contributed by atoms with Gasteiger partial charge >= 0.3 is 0 Å². The molecule has 0 amide bonds. The van der Waals surface area contributed by atoms with Gasteiger partial charge in [0, 0.05) is 0 Å². The predicted molar refractivity (Wildman–Crippen MR) is 51.2 cm³/mol. The molecule has 2 nitrogen and oxygen atoms in total. The fraction of sp³-hybridized carbons (Fsp3) is 0.444. The predicted octanol–water partition coefficient (Wildman–Crippen LogP) is 2.45. The van der Waals surface area contributed by atoms with Crippen molar-refractivity contribution >= 4 is 11.3 Å². The summed E-state index contributed by atoms with van der Waals surface area (Å²) in [7, 11) is 0. The Morgan fingerprint density at radius 3 is 3.08 bits per heavy atom. The van der Waals surface area contributed by atoms with Crippen LogP contribution in [0.3, 0.4) is 0 Å². The molecule has 12 heavy (non-hydrogen) atoms. The number of thiazole rings is 1. The van der Waals surface area contributed by atoms with Crippen LogP contribution in [0.4, 0.5) is 0 Å². The maximum Gasteiger partial charge on any atom is 0.0903 e. The SMILES string of the molecule is C=CCCC(O)c1scnc1C. The third kappa shape index (κ3) is 2.16. The smallest absolute Gasteiger partial charge is 0.0903 e. The first-order chi connectivity index (χ1) is 5.75. The molecular formula is C9H13NOS. The maximum absolute atomic E-state index is 9.64. The summed E-state index contributed by atoms with van der Waals surface area (Å²) in [5.41, 5.74) is 2.71. The molecule has 66 valence electrons. The highest BCUT2D eigenvalue weighted by molar-refractivity contribution is 7.09. The van der Waals surface area contributed by atoms with Crippen LogP contribution in [-0.4, -0.2) is 10.1 Å². The second kappa shape index (κ2) is 4.38. The molecule has 1 unspecified atom stereocenters. The first-order valence-electron chi connectivity index (χ1n) is 3.94. The molecule has 0 radical (unpaired) electrons. The molecule has 0 aliphatic carbocycles. The first kappa shape index (κ1) is 9.42. The Bertz CT molecular complexity index is 257. The third-order valence-corrected chi connectivity index (χ3v) is 2.76. The van der Waals surface area contributed by atoms with Crippen LogP contribution in [0, 0.1) is 6.92 Å². The van der Waals surface area contributed by atoms with Gasteiger partial charge < -0.3 is 5.11 Å². The molecule has 1 N–H and O–H groups in total. The van der Waals surface area contributed by atoms with E-state index in [4.69, 9.17) is 0 Å². The molecule has 0 aliphatic rings. The molecule has 1 rings (SSSR count). The van der Waals surface area contributed by atoms with Crippen LogP contribution >= 0.6 is 11.3 Å². The molecule has 0 aliphatic heterocycles. The molecular weight excluding hydrogens is 170 g/mol. The number of allylic oxidation sites excluding steroid dienone is 1. The van der Waals surface area contributed by atoms with Crippen molar-refractivity contribution < 1.29 is 5.11 Å². The molecule has 1 aromatic heterocycles. The molecule has 1 aromatic rings. The Labute approximate surface area is 76.6 Å². The van der Waals surface area contributed by atoms with Gasteiger partial charge in [0.15, 0.2) is 0 Å². The van der Waals surface area contributed by atoms with E-state index < -0.39 is 0 Å². The van der Waals surface area contributed by atoms with E-state index in [1.807, 2.05) is 13.0 Å². The Hall–Kier alpha value is -0.670. The number of aliphatic hydroxyl groups is 1. The summed E-state index contributed by atoms with van der Waals surface area (Å²) in [6.07, 6.45) is 3.04. The highest BCUT2D eigenvalue weighted by Gasteiger charge is 2.11. The average molecular weight is 183 g/mol. The van der Waals surface area contributed by atoms with Gasteiger partial charge in [-0.05, 0) is 19.8 Å². The van der Waals surface area contributed by atoms with Crippen molar-refractivity contribution in [2.75, 3.05) is 0 Å². The summed E-state index contributed by atoms with van der Waals surface area (Å²) >= 11 is 1.51. The van der Waals surface area contributed by atoms with Crippen LogP contribution in [0.2, 0.25) is 0 Å². The molecule has 0 saturated heterocycles. The zero-order chi connectivity index (χ0) is 8.97. The summed E-state index contributed by atoms with van der Waals surface area (Å²) < 4.78 is 0. The van der Waals surface area contributed by atoms with Gasteiger partial charge in [-0.2, -0.15) is 0 Å². The molecule has 0 fully saturated rings. The molecule has 1 atom stereocenters. The van der Waals surface area contributed by atoms with Crippen molar-refractivity contribution in [3.05, 3.63) is 28.7 Å². The standard InChI is InChI=1S/C9H13NOS/c1-3-4-5-8(11)9-7(2)10-6-12-9/h3,6,8,11H,1,4-5H2,2H3. The number of hydrogen-bond donors (Lipinski definition) is 1. The Morgan fingerprint density at radius 2 is 2.58 bits per heavy atom. The lowest BCUT2D eigenvalue weighted by atomic mass is 10.1. The van der Waals surface area contributed by atoms with E-state index in [2.05, 4.69) is 11.6 Å². The van der Waals surface area contributed by atoms with Crippen LogP contribution < -0.4 is 0 Å². The van der Waals surface area contributed by atoms with Gasteiger partial charge in [-0.15, -0.1) is 17.9 Å². The fourth-order valence-electron chi connectivity index (χ4n) is 1.04. The lowest BCUT2D eigenvalue weighted by molar-refractivity contribution is 0.171. The number of nitrogens with zero attached hydrogens (tertiary/aromatic N) is 1. The molecule has 3 heteroatoms. The molecule has 0 saturated carbocycles. The summed E-state index contributed by atoms with van der Waals surface area (Å²) in [4.78, 5) is 5.06.